The van der Waals surface area contributed by atoms with Crippen LogP contribution in [0.2, 0.25) is 25.7 Å². The highest BCUT2D eigenvalue weighted by Crippen LogP contribution is 2.47. The number of nitrogens with zero attached hydrogens (tertiary/aromatic N) is 1. The summed E-state index contributed by atoms with van der Waals surface area (Å²) in [7, 11) is -1.26. The van der Waals surface area contributed by atoms with E-state index in [1.54, 1.807) is 24.3 Å². The largest absolute Gasteiger partial charge is 0.390 e. The highest BCUT2D eigenvalue weighted by molar-refractivity contribution is 6.76. The minimum absolute atomic E-state index is 0.00618. The molecule has 1 aliphatic rings. The standard InChI is InChI=1S/C17H24F3NO2Si/c1-16(11-17(18,19)20)13-7-5-6-8-14(13)21(15(16)22)12-23-9-10-24(2,3)4/h5-8H,9-12H2,1-4H3. The summed E-state index contributed by atoms with van der Waals surface area (Å²) in [5.41, 5.74) is -0.653. The van der Waals surface area contributed by atoms with Gasteiger partial charge < -0.3 is 4.74 Å². The second-order valence-electron chi connectivity index (χ2n) is 7.72. The van der Waals surface area contributed by atoms with Gasteiger partial charge in [-0.05, 0) is 24.6 Å². The minimum Gasteiger partial charge on any atom is -0.361 e. The third kappa shape index (κ3) is 4.19. The van der Waals surface area contributed by atoms with Crippen LogP contribution >= 0.6 is 0 Å². The third-order valence-electron chi connectivity index (χ3n) is 4.28. The second kappa shape index (κ2) is 6.52. The van der Waals surface area contributed by atoms with Crippen molar-refractivity contribution >= 4 is 19.7 Å². The predicted octanol–water partition coefficient (Wildman–Crippen LogP) is 4.56. The first-order chi connectivity index (χ1) is 10.9. The summed E-state index contributed by atoms with van der Waals surface area (Å²) < 4.78 is 44.6. The molecular weight excluding hydrogens is 335 g/mol. The first kappa shape index (κ1) is 19.0. The molecule has 0 aromatic heterocycles. The zero-order chi connectivity index (χ0) is 18.2. The Morgan fingerprint density at radius 1 is 1.21 bits per heavy atom. The molecule has 1 atom stereocenters. The van der Waals surface area contributed by atoms with Gasteiger partial charge in [0, 0.05) is 14.7 Å². The van der Waals surface area contributed by atoms with Crippen molar-refractivity contribution in [1.29, 1.82) is 0 Å². The first-order valence-electron chi connectivity index (χ1n) is 8.00. The van der Waals surface area contributed by atoms with Crippen LogP contribution < -0.4 is 4.90 Å². The van der Waals surface area contributed by atoms with E-state index in [0.717, 1.165) is 6.04 Å². The quantitative estimate of drug-likeness (QED) is 0.551. The number of amides is 1. The number of ether oxygens (including phenoxy) is 1. The summed E-state index contributed by atoms with van der Waals surface area (Å²) in [6.45, 7) is 8.52. The zero-order valence-electron chi connectivity index (χ0n) is 14.5. The van der Waals surface area contributed by atoms with Crippen molar-refractivity contribution in [3.63, 3.8) is 0 Å². The maximum Gasteiger partial charge on any atom is 0.390 e. The molecular formula is C17H24F3NO2Si. The highest BCUT2D eigenvalue weighted by atomic mass is 28.3. The van der Waals surface area contributed by atoms with Crippen LogP contribution in [-0.4, -0.2) is 33.5 Å². The smallest absolute Gasteiger partial charge is 0.361 e. The summed E-state index contributed by atoms with van der Waals surface area (Å²) in [6.07, 6.45) is -5.58. The zero-order valence-corrected chi connectivity index (χ0v) is 15.5. The fourth-order valence-corrected chi connectivity index (χ4v) is 3.69. The van der Waals surface area contributed by atoms with E-state index >= 15 is 0 Å². The van der Waals surface area contributed by atoms with Gasteiger partial charge in [-0.25, -0.2) is 0 Å². The van der Waals surface area contributed by atoms with Gasteiger partial charge in [0.2, 0.25) is 5.91 Å². The van der Waals surface area contributed by atoms with Crippen molar-refractivity contribution in [3.8, 4) is 0 Å². The number of hydrogen-bond donors (Lipinski definition) is 0. The monoisotopic (exact) mass is 359 g/mol. The molecule has 0 bridgehead atoms. The Labute approximate surface area is 141 Å². The molecule has 2 rings (SSSR count). The number of anilines is 1. The van der Waals surface area contributed by atoms with Crippen molar-refractivity contribution in [2.75, 3.05) is 18.2 Å². The summed E-state index contributed by atoms with van der Waals surface area (Å²) in [4.78, 5) is 14.0. The van der Waals surface area contributed by atoms with E-state index in [0.29, 0.717) is 17.9 Å². The van der Waals surface area contributed by atoms with E-state index in [-0.39, 0.29) is 6.73 Å². The molecule has 0 saturated carbocycles. The van der Waals surface area contributed by atoms with Crippen molar-refractivity contribution in [2.24, 2.45) is 0 Å². The lowest BCUT2D eigenvalue weighted by molar-refractivity contribution is -0.155. The van der Waals surface area contributed by atoms with E-state index in [2.05, 4.69) is 19.6 Å². The van der Waals surface area contributed by atoms with Gasteiger partial charge in [0.1, 0.15) is 6.73 Å². The Morgan fingerprint density at radius 3 is 2.42 bits per heavy atom. The van der Waals surface area contributed by atoms with Crippen molar-refractivity contribution in [3.05, 3.63) is 29.8 Å². The Kier molecular flexibility index (Phi) is 5.16. The molecule has 0 fully saturated rings. The number of carbonyl (C=O) groups excluding carboxylic acids is 1. The van der Waals surface area contributed by atoms with Gasteiger partial charge in [-0.1, -0.05) is 37.8 Å². The molecule has 7 heteroatoms. The normalized spacial score (nSPS) is 21.3. The summed E-state index contributed by atoms with van der Waals surface area (Å²) >= 11 is 0. The van der Waals surface area contributed by atoms with E-state index < -0.39 is 32.0 Å². The van der Waals surface area contributed by atoms with Crippen LogP contribution in [-0.2, 0) is 14.9 Å². The fraction of sp³-hybridized carbons (Fsp3) is 0.588. The van der Waals surface area contributed by atoms with Crippen LogP contribution in [0.5, 0.6) is 0 Å². The van der Waals surface area contributed by atoms with Crippen LogP contribution in [0.15, 0.2) is 24.3 Å². The number of fused-ring (bicyclic) bond motifs is 1. The fourth-order valence-electron chi connectivity index (χ4n) is 2.93. The van der Waals surface area contributed by atoms with E-state index in [9.17, 15) is 18.0 Å². The molecule has 3 nitrogen and oxygen atoms in total. The summed E-state index contributed by atoms with van der Waals surface area (Å²) in [6, 6.07) is 7.60. The maximum atomic E-state index is 13.0. The number of halogens is 3. The van der Waals surface area contributed by atoms with Crippen LogP contribution in [0.4, 0.5) is 18.9 Å². The van der Waals surface area contributed by atoms with Crippen LogP contribution in [0, 0.1) is 0 Å². The third-order valence-corrected chi connectivity index (χ3v) is 5.98. The maximum absolute atomic E-state index is 13.0. The SMILES string of the molecule is CC1(CC(F)(F)F)C(=O)N(COCC[Si](C)(C)C)c2ccccc21. The molecule has 24 heavy (non-hydrogen) atoms. The van der Waals surface area contributed by atoms with Gasteiger partial charge in [0.15, 0.2) is 0 Å². The number of alkyl halides is 3. The Hall–Kier alpha value is -1.34. The van der Waals surface area contributed by atoms with Crippen LogP contribution in [0.3, 0.4) is 0 Å². The molecule has 0 saturated heterocycles. The molecule has 0 radical (unpaired) electrons. The molecule has 1 aromatic rings. The average Bonchev–Trinajstić information content (AvgIpc) is 2.62. The van der Waals surface area contributed by atoms with E-state index in [1.807, 2.05) is 0 Å². The van der Waals surface area contributed by atoms with Gasteiger partial charge in [0.05, 0.1) is 17.5 Å². The van der Waals surface area contributed by atoms with E-state index in [1.165, 1.54) is 11.8 Å². The predicted molar refractivity (Wildman–Crippen MR) is 90.9 cm³/mol. The molecule has 0 N–H and O–H groups in total. The summed E-state index contributed by atoms with van der Waals surface area (Å²) in [5.74, 6) is -0.547. The van der Waals surface area contributed by atoms with Gasteiger partial charge in [-0.15, -0.1) is 0 Å². The highest BCUT2D eigenvalue weighted by Gasteiger charge is 2.52. The lowest BCUT2D eigenvalue weighted by Crippen LogP contribution is -2.42. The second-order valence-corrected chi connectivity index (χ2v) is 13.3. The molecule has 0 aliphatic carbocycles. The molecule has 134 valence electrons. The molecule has 1 aromatic carbocycles. The summed E-state index contributed by atoms with van der Waals surface area (Å²) in [5, 5.41) is 0. The molecule has 1 aliphatic heterocycles. The molecule has 1 unspecified atom stereocenters. The van der Waals surface area contributed by atoms with Gasteiger partial charge in [-0.2, -0.15) is 13.2 Å². The van der Waals surface area contributed by atoms with Gasteiger partial charge >= 0.3 is 6.18 Å². The number of benzene rings is 1. The average molecular weight is 359 g/mol. The lowest BCUT2D eigenvalue weighted by atomic mass is 9.80. The van der Waals surface area contributed by atoms with Crippen molar-refractivity contribution in [1.82, 2.24) is 0 Å². The molecule has 1 heterocycles. The number of carbonyl (C=O) groups is 1. The molecule has 0 spiro atoms. The number of rotatable bonds is 6. The first-order valence-corrected chi connectivity index (χ1v) is 11.7. The lowest BCUT2D eigenvalue weighted by Gasteiger charge is -2.25. The van der Waals surface area contributed by atoms with Gasteiger partial charge in [-0.3, -0.25) is 9.69 Å². The van der Waals surface area contributed by atoms with Crippen molar-refractivity contribution in [2.45, 2.75) is 50.6 Å². The van der Waals surface area contributed by atoms with Crippen LogP contribution in [0.1, 0.15) is 18.9 Å². The number of hydrogen-bond acceptors (Lipinski definition) is 2. The topological polar surface area (TPSA) is 29.5 Å². The van der Waals surface area contributed by atoms with Gasteiger partial charge in [0.25, 0.3) is 0 Å². The number of para-hydroxylation sites is 1. The Bertz CT molecular complexity index is 613. The van der Waals surface area contributed by atoms with Crippen molar-refractivity contribution < 1.29 is 22.7 Å². The van der Waals surface area contributed by atoms with E-state index in [4.69, 9.17) is 4.74 Å². The Balaban J connectivity index is 2.18. The minimum atomic E-state index is -4.41. The van der Waals surface area contributed by atoms with Crippen LogP contribution in [0.25, 0.3) is 0 Å². The molecule has 1 amide bonds. The Morgan fingerprint density at radius 2 is 1.83 bits per heavy atom.